The number of aromatic carboxylic acids is 1. The summed E-state index contributed by atoms with van der Waals surface area (Å²) in [6.45, 7) is 1.36. The Bertz CT molecular complexity index is 2000. The molecule has 9 nitrogen and oxygen atoms in total. The van der Waals surface area contributed by atoms with Crippen molar-refractivity contribution >= 4 is 50.0 Å². The largest absolute Gasteiger partial charge is 0.491 e. The molecule has 0 aliphatic carbocycles. The Balaban J connectivity index is 1.52. The molecule has 0 amide bonds. The lowest BCUT2D eigenvalue weighted by Crippen LogP contribution is -2.27. The van der Waals surface area contributed by atoms with Crippen LogP contribution < -0.4 is 15.0 Å². The topological polar surface area (TPSA) is 127 Å². The van der Waals surface area contributed by atoms with Gasteiger partial charge in [-0.2, -0.15) is 18.4 Å². The molecule has 5 rings (SSSR count). The Morgan fingerprint density at radius 2 is 1.95 bits per heavy atom. The molecule has 0 atom stereocenters. The highest BCUT2D eigenvalue weighted by molar-refractivity contribution is 7.18. The number of hydrogen-bond donors (Lipinski definition) is 1. The van der Waals surface area contributed by atoms with E-state index in [1.54, 1.807) is 30.3 Å². The number of carbonyl (C=O) groups is 1. The number of pyridine rings is 1. The van der Waals surface area contributed by atoms with Crippen LogP contribution in [0.2, 0.25) is 5.02 Å². The number of ether oxygens (including phenoxy) is 2. The lowest BCUT2D eigenvalue weighted by Gasteiger charge is -2.16. The quantitative estimate of drug-likeness (QED) is 0.226. The van der Waals surface area contributed by atoms with E-state index in [4.69, 9.17) is 21.1 Å². The number of hydrogen-bond acceptors (Lipinski definition) is 8. The lowest BCUT2D eigenvalue weighted by atomic mass is 10.0. The van der Waals surface area contributed by atoms with Gasteiger partial charge < -0.3 is 14.6 Å². The summed E-state index contributed by atoms with van der Waals surface area (Å²) >= 11 is 7.48. The monoisotopic (exact) mass is 614 g/mol. The van der Waals surface area contributed by atoms with E-state index in [2.05, 4.69) is 9.97 Å². The number of fused-ring (bicyclic) bond motifs is 2. The van der Waals surface area contributed by atoms with Gasteiger partial charge in [-0.15, -0.1) is 11.3 Å². The number of aromatic nitrogens is 3. The van der Waals surface area contributed by atoms with Crippen molar-refractivity contribution in [1.82, 2.24) is 14.5 Å². The van der Waals surface area contributed by atoms with E-state index < -0.39 is 28.8 Å². The molecule has 0 fully saturated rings. The number of carboxylic acid groups (broad SMARTS) is 1. The summed E-state index contributed by atoms with van der Waals surface area (Å²) in [5.41, 5.74) is -1.09. The molecule has 1 N–H and O–H groups in total. The van der Waals surface area contributed by atoms with Crippen molar-refractivity contribution in [2.75, 3.05) is 13.7 Å². The molecule has 3 aromatic heterocycles. The predicted molar refractivity (Wildman–Crippen MR) is 150 cm³/mol. The molecule has 0 aliphatic heterocycles. The van der Waals surface area contributed by atoms with Crippen LogP contribution in [0, 0.1) is 18.3 Å². The average molecular weight is 615 g/mol. The second-order valence-electron chi connectivity index (χ2n) is 8.98. The summed E-state index contributed by atoms with van der Waals surface area (Å²) in [6.07, 6.45) is -4.71. The minimum atomic E-state index is -4.71. The smallest absolute Gasteiger partial charge is 0.416 e. The molecule has 3 heterocycles. The van der Waals surface area contributed by atoms with Crippen molar-refractivity contribution in [3.05, 3.63) is 79.7 Å². The third-order valence-corrected chi connectivity index (χ3v) is 7.68. The lowest BCUT2D eigenvalue weighted by molar-refractivity contribution is -0.137. The zero-order valence-corrected chi connectivity index (χ0v) is 23.3. The van der Waals surface area contributed by atoms with Crippen molar-refractivity contribution in [2.45, 2.75) is 19.6 Å². The van der Waals surface area contributed by atoms with Gasteiger partial charge in [0, 0.05) is 27.6 Å². The molecule has 14 heteroatoms. The van der Waals surface area contributed by atoms with Gasteiger partial charge in [0.2, 0.25) is 5.88 Å². The summed E-state index contributed by atoms with van der Waals surface area (Å²) in [7, 11) is 1.40. The minimum absolute atomic E-state index is 0.0115. The van der Waals surface area contributed by atoms with Crippen LogP contribution >= 0.6 is 22.9 Å². The number of alkyl halides is 3. The van der Waals surface area contributed by atoms with E-state index in [0.717, 1.165) is 6.07 Å². The number of nitriles is 1. The van der Waals surface area contributed by atoms with Crippen LogP contribution in [0.15, 0.2) is 46.6 Å². The molecule has 42 heavy (non-hydrogen) atoms. The van der Waals surface area contributed by atoms with Crippen molar-refractivity contribution in [1.29, 1.82) is 5.26 Å². The molecule has 5 aromatic rings. The molecule has 0 spiro atoms. The average Bonchev–Trinajstić information content (AvgIpc) is 3.38. The van der Waals surface area contributed by atoms with Crippen LogP contribution in [-0.2, 0) is 12.7 Å². The fraction of sp³-hybridized carbons (Fsp3) is 0.179. The number of halogens is 4. The molecule has 0 bridgehead atoms. The summed E-state index contributed by atoms with van der Waals surface area (Å²) < 4.78 is 53.0. The van der Waals surface area contributed by atoms with Gasteiger partial charge in [0.05, 0.1) is 45.9 Å². The molecular weight excluding hydrogens is 597 g/mol. The number of nitrogens with zero attached hydrogens (tertiary/aromatic N) is 4. The van der Waals surface area contributed by atoms with Crippen molar-refractivity contribution in [3.8, 4) is 28.8 Å². The summed E-state index contributed by atoms with van der Waals surface area (Å²) in [4.78, 5) is 33.5. The van der Waals surface area contributed by atoms with Crippen molar-refractivity contribution in [3.63, 3.8) is 0 Å². The normalized spacial score (nSPS) is 11.5. The third-order valence-electron chi connectivity index (χ3n) is 6.44. The zero-order chi connectivity index (χ0) is 30.3. The molecule has 0 saturated carbocycles. The van der Waals surface area contributed by atoms with Gasteiger partial charge in [-0.3, -0.25) is 9.36 Å². The first-order valence-corrected chi connectivity index (χ1v) is 13.3. The van der Waals surface area contributed by atoms with Crippen LogP contribution in [0.5, 0.6) is 11.6 Å². The van der Waals surface area contributed by atoms with Crippen LogP contribution in [-0.4, -0.2) is 39.3 Å². The number of aryl methyl sites for hydroxylation is 1. The summed E-state index contributed by atoms with van der Waals surface area (Å²) in [5.74, 6) is -0.479. The molecule has 0 radical (unpaired) electrons. The number of methoxy groups -OCH3 is 1. The van der Waals surface area contributed by atoms with Crippen molar-refractivity contribution in [2.24, 2.45) is 0 Å². The third kappa shape index (κ3) is 5.22. The first-order chi connectivity index (χ1) is 19.9. The van der Waals surface area contributed by atoms with Crippen LogP contribution in [0.4, 0.5) is 13.2 Å². The molecule has 2 aromatic carbocycles. The number of benzene rings is 2. The second-order valence-corrected chi connectivity index (χ2v) is 10.3. The summed E-state index contributed by atoms with van der Waals surface area (Å²) in [6, 6.07) is 9.52. The molecule has 214 valence electrons. The zero-order valence-electron chi connectivity index (χ0n) is 21.7. The molecular formula is C28H18ClF3N4O5S. The number of thiophene rings is 1. The molecule has 0 saturated heterocycles. The Hall–Kier alpha value is -4.67. The van der Waals surface area contributed by atoms with Gasteiger partial charge in [0.15, 0.2) is 0 Å². The van der Waals surface area contributed by atoms with E-state index in [0.29, 0.717) is 32.7 Å². The maximum atomic E-state index is 13.3. The maximum Gasteiger partial charge on any atom is 0.416 e. The summed E-state index contributed by atoms with van der Waals surface area (Å²) in [5, 5.41) is 20.7. The SMILES string of the molecule is COc1cc(-c2cc(Cl)ccc2OCCn2c(C)nc3cc(C(F)(F)F)cc(C#N)c3c2=O)c2scc(C(=O)O)c2n1. The highest BCUT2D eigenvalue weighted by Gasteiger charge is 2.32. The Morgan fingerprint density at radius 3 is 2.62 bits per heavy atom. The molecule has 0 unspecified atom stereocenters. The first-order valence-electron chi connectivity index (χ1n) is 12.1. The Kier molecular flexibility index (Phi) is 7.53. The van der Waals surface area contributed by atoms with Gasteiger partial charge in [0.1, 0.15) is 29.8 Å². The van der Waals surface area contributed by atoms with Crippen molar-refractivity contribution < 1.29 is 32.5 Å². The second kappa shape index (κ2) is 11.0. The fourth-order valence-electron chi connectivity index (χ4n) is 4.50. The van der Waals surface area contributed by atoms with E-state index >= 15 is 0 Å². The van der Waals surface area contributed by atoms with E-state index in [9.17, 15) is 33.1 Å². The van der Waals surface area contributed by atoms with Gasteiger partial charge in [0.25, 0.3) is 5.56 Å². The fourth-order valence-corrected chi connectivity index (χ4v) is 5.68. The van der Waals surface area contributed by atoms with Crippen LogP contribution in [0.3, 0.4) is 0 Å². The highest BCUT2D eigenvalue weighted by atomic mass is 35.5. The predicted octanol–water partition coefficient (Wildman–Crippen LogP) is 6.31. The van der Waals surface area contributed by atoms with E-state index in [1.165, 1.54) is 35.3 Å². The Morgan fingerprint density at radius 1 is 1.19 bits per heavy atom. The van der Waals surface area contributed by atoms with Gasteiger partial charge >= 0.3 is 12.1 Å². The standard InChI is InChI=1S/C28H18ClF3N4O5S/c1-13-34-20-8-15(28(30,31)32)7-14(11-33)23(20)26(37)36(13)5-6-41-21-4-3-16(29)9-17(21)18-10-22(40-2)35-24-19(27(38)39)12-42-25(18)24/h3-4,7-10,12H,5-6H2,1-2H3,(H,38,39). The maximum absolute atomic E-state index is 13.3. The van der Waals surface area contributed by atoms with Gasteiger partial charge in [-0.1, -0.05) is 11.6 Å². The number of rotatable bonds is 7. The van der Waals surface area contributed by atoms with Crippen LogP contribution in [0.1, 0.15) is 27.3 Å². The Labute approximate surface area is 244 Å². The van der Waals surface area contributed by atoms with Gasteiger partial charge in [-0.05, 0) is 37.3 Å². The highest BCUT2D eigenvalue weighted by Crippen LogP contribution is 2.41. The van der Waals surface area contributed by atoms with E-state index in [-0.39, 0.29) is 46.8 Å². The van der Waals surface area contributed by atoms with E-state index in [1.807, 2.05) is 0 Å². The van der Waals surface area contributed by atoms with Crippen LogP contribution in [0.25, 0.3) is 32.2 Å². The minimum Gasteiger partial charge on any atom is -0.491 e. The molecule has 0 aliphatic rings. The first kappa shape index (κ1) is 28.8. The van der Waals surface area contributed by atoms with Gasteiger partial charge in [-0.25, -0.2) is 14.8 Å². The number of carboxylic acids is 1.